The molecule has 0 bridgehead atoms. The molecule has 0 saturated heterocycles. The fraction of sp³-hybridized carbons (Fsp3) is 0. The Morgan fingerprint density at radius 2 is 1.69 bits per heavy atom. The summed E-state index contributed by atoms with van der Waals surface area (Å²) in [6.45, 7) is 0. The van der Waals surface area contributed by atoms with E-state index in [1.165, 1.54) is 0 Å². The van der Waals surface area contributed by atoms with Gasteiger partial charge in [-0.2, -0.15) is 0 Å². The van der Waals surface area contributed by atoms with Crippen molar-refractivity contribution in [2.45, 2.75) is 0 Å². The number of nitrogens with two attached hydrogens (primary N) is 1. The van der Waals surface area contributed by atoms with Crippen LogP contribution in [0, 0.1) is 17.5 Å². The summed E-state index contributed by atoms with van der Waals surface area (Å²) in [5.41, 5.74) is 4.45. The summed E-state index contributed by atoms with van der Waals surface area (Å²) in [6, 6.07) is 1.06. The van der Waals surface area contributed by atoms with Gasteiger partial charge in [0, 0.05) is 12.1 Å². The minimum absolute atomic E-state index is 0.288. The summed E-state index contributed by atoms with van der Waals surface area (Å²) in [6.07, 6.45) is 0. The van der Waals surface area contributed by atoms with Crippen LogP contribution >= 0.6 is 12.2 Å². The lowest BCUT2D eigenvalue weighted by atomic mass is 10.3. The second kappa shape index (κ2) is 3.61. The predicted molar refractivity (Wildman–Crippen MR) is 46.7 cm³/mol. The summed E-state index contributed by atoms with van der Waals surface area (Å²) in [4.78, 5) is 0. The Hall–Kier alpha value is -1.30. The van der Waals surface area contributed by atoms with E-state index in [4.69, 9.17) is 5.73 Å². The molecule has 2 nitrogen and oxygen atoms in total. The lowest BCUT2D eigenvalue weighted by Gasteiger charge is -2.05. The average molecular weight is 206 g/mol. The first-order valence-electron chi connectivity index (χ1n) is 3.21. The van der Waals surface area contributed by atoms with Crippen LogP contribution in [-0.2, 0) is 0 Å². The van der Waals surface area contributed by atoms with Gasteiger partial charge in [-0.3, -0.25) is 0 Å². The van der Waals surface area contributed by atoms with Gasteiger partial charge in [0.05, 0.1) is 0 Å². The lowest BCUT2D eigenvalue weighted by molar-refractivity contribution is 0.549. The molecule has 0 spiro atoms. The zero-order valence-electron chi connectivity index (χ0n) is 6.27. The molecule has 1 aromatic rings. The molecular formula is C7H5F3N2S. The van der Waals surface area contributed by atoms with Crippen LogP contribution in [-0.4, -0.2) is 5.11 Å². The Bertz CT molecular complexity index is 331. The van der Waals surface area contributed by atoms with Gasteiger partial charge < -0.3 is 11.1 Å². The number of rotatable bonds is 1. The molecule has 0 fully saturated rings. The molecule has 6 heteroatoms. The molecule has 0 saturated carbocycles. The third-order valence-corrected chi connectivity index (χ3v) is 1.36. The molecule has 0 aliphatic carbocycles. The molecule has 1 rings (SSSR count). The maximum Gasteiger partial charge on any atom is 0.168 e. The monoisotopic (exact) mass is 206 g/mol. The van der Waals surface area contributed by atoms with Gasteiger partial charge in [0.1, 0.15) is 11.5 Å². The highest BCUT2D eigenvalue weighted by molar-refractivity contribution is 7.80. The highest BCUT2D eigenvalue weighted by Crippen LogP contribution is 2.19. The molecule has 0 heterocycles. The first-order chi connectivity index (χ1) is 6.00. The maximum absolute atomic E-state index is 12.8. The van der Waals surface area contributed by atoms with Crippen molar-refractivity contribution >= 4 is 23.0 Å². The second-order valence-electron chi connectivity index (χ2n) is 2.23. The molecule has 0 aliphatic rings. The van der Waals surface area contributed by atoms with E-state index in [0.29, 0.717) is 12.1 Å². The highest BCUT2D eigenvalue weighted by Gasteiger charge is 2.11. The summed E-state index contributed by atoms with van der Waals surface area (Å²) in [5.74, 6) is -3.15. The van der Waals surface area contributed by atoms with Crippen molar-refractivity contribution in [1.29, 1.82) is 0 Å². The van der Waals surface area contributed by atoms with Gasteiger partial charge >= 0.3 is 0 Å². The van der Waals surface area contributed by atoms with E-state index < -0.39 is 23.1 Å². The molecule has 13 heavy (non-hydrogen) atoms. The van der Waals surface area contributed by atoms with Crippen LogP contribution in [0.15, 0.2) is 12.1 Å². The van der Waals surface area contributed by atoms with Crippen LogP contribution in [0.4, 0.5) is 18.9 Å². The number of halogens is 3. The zero-order chi connectivity index (χ0) is 10.0. The second-order valence-corrected chi connectivity index (χ2v) is 2.67. The van der Waals surface area contributed by atoms with E-state index in [2.05, 4.69) is 17.5 Å². The summed E-state index contributed by atoms with van der Waals surface area (Å²) >= 11 is 4.37. The van der Waals surface area contributed by atoms with Gasteiger partial charge in [-0.1, -0.05) is 0 Å². The van der Waals surface area contributed by atoms with Crippen molar-refractivity contribution in [3.63, 3.8) is 0 Å². The minimum atomic E-state index is -1.08. The largest absolute Gasteiger partial charge is 0.376 e. The van der Waals surface area contributed by atoms with Crippen LogP contribution in [0.1, 0.15) is 0 Å². The number of hydrogen-bond donors (Lipinski definition) is 2. The molecule has 3 N–H and O–H groups in total. The van der Waals surface area contributed by atoms with E-state index in [-0.39, 0.29) is 5.11 Å². The van der Waals surface area contributed by atoms with E-state index in [1.54, 1.807) is 0 Å². The van der Waals surface area contributed by atoms with Crippen molar-refractivity contribution in [2.75, 3.05) is 5.32 Å². The van der Waals surface area contributed by atoms with Crippen molar-refractivity contribution in [2.24, 2.45) is 5.73 Å². The molecular weight excluding hydrogens is 201 g/mol. The lowest BCUT2D eigenvalue weighted by Crippen LogP contribution is -2.20. The van der Waals surface area contributed by atoms with Crippen molar-refractivity contribution in [3.8, 4) is 0 Å². The summed E-state index contributed by atoms with van der Waals surface area (Å²) < 4.78 is 38.0. The number of thiocarbonyl (C=S) groups is 1. The number of hydrogen-bond acceptors (Lipinski definition) is 1. The molecule has 0 radical (unpaired) electrons. The molecule has 0 aromatic heterocycles. The molecule has 1 aromatic carbocycles. The van der Waals surface area contributed by atoms with Crippen molar-refractivity contribution in [1.82, 2.24) is 0 Å². The first-order valence-corrected chi connectivity index (χ1v) is 3.62. The third-order valence-electron chi connectivity index (χ3n) is 1.26. The quantitative estimate of drug-likeness (QED) is 0.687. The summed E-state index contributed by atoms with van der Waals surface area (Å²) in [7, 11) is 0. The van der Waals surface area contributed by atoms with E-state index in [1.807, 2.05) is 0 Å². The average Bonchev–Trinajstić information content (AvgIpc) is 1.96. The molecule has 0 aliphatic heterocycles. The van der Waals surface area contributed by atoms with Gasteiger partial charge in [-0.15, -0.1) is 0 Å². The van der Waals surface area contributed by atoms with Crippen molar-refractivity contribution in [3.05, 3.63) is 29.6 Å². The Morgan fingerprint density at radius 3 is 2.08 bits per heavy atom. The van der Waals surface area contributed by atoms with Gasteiger partial charge in [0.2, 0.25) is 0 Å². The van der Waals surface area contributed by atoms with Gasteiger partial charge in [-0.25, -0.2) is 13.2 Å². The van der Waals surface area contributed by atoms with Crippen LogP contribution in [0.3, 0.4) is 0 Å². The number of nitrogens with one attached hydrogen (secondary N) is 1. The van der Waals surface area contributed by atoms with Crippen LogP contribution in [0.25, 0.3) is 0 Å². The fourth-order valence-electron chi connectivity index (χ4n) is 0.785. The topological polar surface area (TPSA) is 38.0 Å². The van der Waals surface area contributed by atoms with Crippen molar-refractivity contribution < 1.29 is 13.2 Å². The standard InChI is InChI=1S/C7H5F3N2S/c8-3-1-4(9)6(5(10)2-3)12-7(11)13/h1-2H,(H3,11,12,13). The Morgan fingerprint density at radius 1 is 1.23 bits per heavy atom. The smallest absolute Gasteiger partial charge is 0.168 e. The van der Waals surface area contributed by atoms with Crippen LogP contribution < -0.4 is 11.1 Å². The maximum atomic E-state index is 12.8. The number of anilines is 1. The van der Waals surface area contributed by atoms with Crippen LogP contribution in [0.5, 0.6) is 0 Å². The predicted octanol–water partition coefficient (Wildman–Crippen LogP) is 1.76. The van der Waals surface area contributed by atoms with E-state index >= 15 is 0 Å². The van der Waals surface area contributed by atoms with E-state index in [0.717, 1.165) is 0 Å². The molecule has 0 atom stereocenters. The zero-order valence-corrected chi connectivity index (χ0v) is 7.09. The minimum Gasteiger partial charge on any atom is -0.376 e. The van der Waals surface area contributed by atoms with Crippen LogP contribution in [0.2, 0.25) is 0 Å². The Labute approximate surface area is 77.5 Å². The number of benzene rings is 1. The molecule has 0 unspecified atom stereocenters. The Balaban J connectivity index is 3.13. The highest BCUT2D eigenvalue weighted by atomic mass is 32.1. The summed E-state index contributed by atoms with van der Waals surface area (Å²) in [5, 5.41) is 1.77. The molecule has 70 valence electrons. The van der Waals surface area contributed by atoms with Gasteiger partial charge in [-0.05, 0) is 12.2 Å². The third kappa shape index (κ3) is 2.32. The fourth-order valence-corrected chi connectivity index (χ4v) is 0.887. The molecule has 0 amide bonds. The van der Waals surface area contributed by atoms with Gasteiger partial charge in [0.25, 0.3) is 0 Å². The first kappa shape index (κ1) is 9.79. The SMILES string of the molecule is NC(=S)Nc1c(F)cc(F)cc1F. The van der Waals surface area contributed by atoms with E-state index in [9.17, 15) is 13.2 Å². The Kier molecular flexibility index (Phi) is 2.72. The normalized spacial score (nSPS) is 9.77. The van der Waals surface area contributed by atoms with Gasteiger partial charge in [0.15, 0.2) is 16.7 Å².